The van der Waals surface area contributed by atoms with Gasteiger partial charge in [-0.25, -0.2) is 15.0 Å². The Morgan fingerprint density at radius 2 is 2.00 bits per heavy atom. The molecule has 6 nitrogen and oxygen atoms in total. The van der Waals surface area contributed by atoms with Gasteiger partial charge in [-0.2, -0.15) is 13.2 Å². The molecule has 168 valence electrons. The number of fused-ring (bicyclic) bond motifs is 1. The van der Waals surface area contributed by atoms with Gasteiger partial charge in [0.1, 0.15) is 5.82 Å². The molecule has 0 bridgehead atoms. The number of hydrogen-bond acceptors (Lipinski definition) is 6. The van der Waals surface area contributed by atoms with E-state index in [0.29, 0.717) is 6.41 Å². The summed E-state index contributed by atoms with van der Waals surface area (Å²) in [5, 5.41) is 3.00. The van der Waals surface area contributed by atoms with Gasteiger partial charge in [-0.05, 0) is 49.1 Å². The van der Waals surface area contributed by atoms with Gasteiger partial charge in [-0.1, -0.05) is 17.8 Å². The number of carbonyl (C=O) groups is 1. The van der Waals surface area contributed by atoms with Crippen LogP contribution < -0.4 is 10.2 Å². The molecule has 0 atom stereocenters. The monoisotopic (exact) mass is 461 g/mol. The number of benzene rings is 1. The van der Waals surface area contributed by atoms with E-state index in [-0.39, 0.29) is 5.69 Å². The van der Waals surface area contributed by atoms with Gasteiger partial charge in [-0.3, -0.25) is 4.79 Å². The number of thioether (sulfide) groups is 1. The molecule has 3 heterocycles. The number of alkyl halides is 3. The summed E-state index contributed by atoms with van der Waals surface area (Å²) in [4.78, 5) is 25.6. The lowest BCUT2D eigenvalue weighted by molar-refractivity contribution is -0.137. The Labute approximate surface area is 188 Å². The van der Waals surface area contributed by atoms with Crippen molar-refractivity contribution in [3.8, 4) is 0 Å². The number of aryl methyl sites for hydroxylation is 1. The summed E-state index contributed by atoms with van der Waals surface area (Å²) >= 11 is 1.59. The number of carbonyl (C=O) groups excluding carboxylic acids is 1. The average Bonchev–Trinajstić information content (AvgIpc) is 2.79. The number of pyridine rings is 1. The standard InChI is InChI=1S/C14H16N4S.C8H6F3NO/c1-10-3-5-15-13(7-10)18-6-4-12-11(9-18)8-16-14(17-12)19-2;9-8(10,11)6-2-1-3-7(4-6)12-5-13/h3,5,7-8H,4,6,9H2,1-2H3;1-5H,(H,12,13). The maximum absolute atomic E-state index is 12.1. The normalized spacial score (nSPS) is 13.0. The molecule has 1 aromatic carbocycles. The molecule has 32 heavy (non-hydrogen) atoms. The zero-order valence-electron chi connectivity index (χ0n) is 17.6. The van der Waals surface area contributed by atoms with Crippen LogP contribution in [0, 0.1) is 6.92 Å². The Hall–Kier alpha value is -3.14. The maximum atomic E-state index is 12.1. The van der Waals surface area contributed by atoms with Gasteiger partial charge in [0.25, 0.3) is 0 Å². The smallest absolute Gasteiger partial charge is 0.352 e. The number of anilines is 2. The molecule has 10 heteroatoms. The minimum absolute atomic E-state index is 0.129. The van der Waals surface area contributed by atoms with Crippen molar-refractivity contribution in [2.24, 2.45) is 0 Å². The van der Waals surface area contributed by atoms with Gasteiger partial charge < -0.3 is 10.2 Å². The molecule has 0 unspecified atom stereocenters. The first kappa shape index (κ1) is 23.5. The molecule has 1 amide bonds. The minimum atomic E-state index is -4.37. The highest BCUT2D eigenvalue weighted by atomic mass is 32.2. The number of halogens is 3. The number of hydrogen-bond donors (Lipinski definition) is 1. The van der Waals surface area contributed by atoms with Crippen LogP contribution in [0.3, 0.4) is 0 Å². The summed E-state index contributed by atoms with van der Waals surface area (Å²) in [7, 11) is 0. The van der Waals surface area contributed by atoms with Gasteiger partial charge >= 0.3 is 6.18 Å². The quantitative estimate of drug-likeness (QED) is 0.344. The fraction of sp³-hybridized carbons (Fsp3) is 0.273. The minimum Gasteiger partial charge on any atom is -0.352 e. The first-order chi connectivity index (χ1) is 15.3. The van der Waals surface area contributed by atoms with Crippen LogP contribution in [-0.4, -0.2) is 34.2 Å². The molecule has 0 fully saturated rings. The first-order valence-corrected chi connectivity index (χ1v) is 11.0. The second kappa shape index (κ2) is 10.4. The van der Waals surface area contributed by atoms with E-state index in [1.807, 2.05) is 24.7 Å². The van der Waals surface area contributed by atoms with Crippen molar-refractivity contribution in [3.63, 3.8) is 0 Å². The largest absolute Gasteiger partial charge is 0.416 e. The first-order valence-electron chi connectivity index (χ1n) is 9.74. The Bertz CT molecular complexity index is 1080. The van der Waals surface area contributed by atoms with Crippen molar-refractivity contribution in [1.82, 2.24) is 15.0 Å². The van der Waals surface area contributed by atoms with E-state index in [9.17, 15) is 18.0 Å². The lowest BCUT2D eigenvalue weighted by Crippen LogP contribution is -2.31. The lowest BCUT2D eigenvalue weighted by atomic mass is 10.1. The highest BCUT2D eigenvalue weighted by Crippen LogP contribution is 2.30. The second-order valence-electron chi connectivity index (χ2n) is 7.03. The number of nitrogens with one attached hydrogen (secondary N) is 1. The van der Waals surface area contributed by atoms with E-state index in [0.717, 1.165) is 42.6 Å². The molecule has 1 aliphatic rings. The molecule has 1 aliphatic heterocycles. The second-order valence-corrected chi connectivity index (χ2v) is 7.81. The summed E-state index contributed by atoms with van der Waals surface area (Å²) in [5.41, 5.74) is 2.99. The van der Waals surface area contributed by atoms with Crippen LogP contribution in [0.5, 0.6) is 0 Å². The van der Waals surface area contributed by atoms with Crippen LogP contribution in [0.2, 0.25) is 0 Å². The van der Waals surface area contributed by atoms with Crippen LogP contribution in [-0.2, 0) is 23.9 Å². The van der Waals surface area contributed by atoms with Crippen molar-refractivity contribution >= 4 is 29.7 Å². The van der Waals surface area contributed by atoms with Crippen LogP contribution in [0.15, 0.2) is 53.9 Å². The van der Waals surface area contributed by atoms with E-state index in [1.54, 1.807) is 11.8 Å². The molecular formula is C22H22F3N5OS. The maximum Gasteiger partial charge on any atom is 0.416 e. The van der Waals surface area contributed by atoms with Gasteiger partial charge in [0.15, 0.2) is 5.16 Å². The fourth-order valence-electron chi connectivity index (χ4n) is 3.14. The highest BCUT2D eigenvalue weighted by Gasteiger charge is 2.30. The molecule has 3 aromatic rings. The van der Waals surface area contributed by atoms with Gasteiger partial charge in [0.2, 0.25) is 6.41 Å². The SMILES string of the molecule is CSc1ncc2c(n1)CCN(c1cc(C)ccn1)C2.O=CNc1cccc(C(F)(F)F)c1. The summed E-state index contributed by atoms with van der Waals surface area (Å²) < 4.78 is 36.3. The number of aromatic nitrogens is 3. The third-order valence-corrected chi connectivity index (χ3v) is 5.30. The van der Waals surface area contributed by atoms with Gasteiger partial charge in [0.05, 0.1) is 11.3 Å². The summed E-state index contributed by atoms with van der Waals surface area (Å²) in [6.07, 6.45) is 2.74. The predicted molar refractivity (Wildman–Crippen MR) is 119 cm³/mol. The Kier molecular flexibility index (Phi) is 7.68. The van der Waals surface area contributed by atoms with Crippen LogP contribution in [0.4, 0.5) is 24.7 Å². The molecule has 1 N–H and O–H groups in total. The number of rotatable bonds is 4. The zero-order valence-corrected chi connectivity index (χ0v) is 18.4. The Morgan fingerprint density at radius 3 is 2.69 bits per heavy atom. The number of nitrogens with zero attached hydrogens (tertiary/aromatic N) is 4. The third kappa shape index (κ3) is 6.19. The molecule has 2 aromatic heterocycles. The Balaban J connectivity index is 0.000000195. The van der Waals surface area contributed by atoms with Crippen LogP contribution in [0.1, 0.15) is 22.4 Å². The zero-order chi connectivity index (χ0) is 23.1. The average molecular weight is 462 g/mol. The van der Waals surface area contributed by atoms with Crippen molar-refractivity contribution in [1.29, 1.82) is 0 Å². The van der Waals surface area contributed by atoms with Crippen molar-refractivity contribution < 1.29 is 18.0 Å². The van der Waals surface area contributed by atoms with E-state index < -0.39 is 11.7 Å². The molecule has 0 spiro atoms. The third-order valence-electron chi connectivity index (χ3n) is 4.73. The molecule has 0 saturated carbocycles. The summed E-state index contributed by atoms with van der Waals surface area (Å²) in [5.74, 6) is 1.04. The molecule has 0 radical (unpaired) electrons. The predicted octanol–water partition coefficient (Wildman–Crippen LogP) is 4.74. The van der Waals surface area contributed by atoms with E-state index >= 15 is 0 Å². The van der Waals surface area contributed by atoms with Gasteiger partial charge in [0, 0.05) is 43.2 Å². The molecule has 4 rings (SSSR count). The van der Waals surface area contributed by atoms with Crippen molar-refractivity contribution in [2.45, 2.75) is 31.2 Å². The molecule has 0 aliphatic carbocycles. The van der Waals surface area contributed by atoms with Gasteiger partial charge in [-0.15, -0.1) is 0 Å². The summed E-state index contributed by atoms with van der Waals surface area (Å²) in [6, 6.07) is 8.57. The van der Waals surface area contributed by atoms with E-state index in [4.69, 9.17) is 0 Å². The van der Waals surface area contributed by atoms with E-state index in [1.165, 1.54) is 29.0 Å². The highest BCUT2D eigenvalue weighted by molar-refractivity contribution is 7.98. The molecule has 0 saturated heterocycles. The van der Waals surface area contributed by atoms with Crippen molar-refractivity contribution in [3.05, 3.63) is 71.2 Å². The number of amides is 1. The van der Waals surface area contributed by atoms with E-state index in [2.05, 4.69) is 38.2 Å². The topological polar surface area (TPSA) is 71.0 Å². The lowest BCUT2D eigenvalue weighted by Gasteiger charge is -2.29. The fourth-order valence-corrected chi connectivity index (χ4v) is 3.50. The summed E-state index contributed by atoms with van der Waals surface area (Å²) in [6.45, 7) is 3.91. The van der Waals surface area contributed by atoms with Crippen LogP contribution in [0.25, 0.3) is 0 Å². The van der Waals surface area contributed by atoms with Crippen molar-refractivity contribution in [2.75, 3.05) is 23.0 Å². The van der Waals surface area contributed by atoms with Crippen LogP contribution >= 0.6 is 11.8 Å². The Morgan fingerprint density at radius 1 is 1.19 bits per heavy atom. The molecular weight excluding hydrogens is 439 g/mol.